The normalized spacial score (nSPS) is 14.8. The topological polar surface area (TPSA) is 59.1 Å². The summed E-state index contributed by atoms with van der Waals surface area (Å²) in [5, 5.41) is 0. The minimum Gasteiger partial charge on any atom is -0.497 e. The molecule has 0 radical (unpaired) electrons. The van der Waals surface area contributed by atoms with Crippen molar-refractivity contribution >= 4 is 12.0 Å². The zero-order valence-electron chi connectivity index (χ0n) is 12.4. The van der Waals surface area contributed by atoms with Crippen LogP contribution < -0.4 is 4.74 Å². The molecule has 2 amide bonds. The average Bonchev–Trinajstić information content (AvgIpc) is 2.54. The molecule has 21 heavy (non-hydrogen) atoms. The molecule has 1 aliphatic rings. The molecule has 0 saturated carbocycles. The molecule has 2 rings (SSSR count). The number of hydrogen-bond donors (Lipinski definition) is 0. The van der Waals surface area contributed by atoms with Crippen LogP contribution in [0.25, 0.3) is 0 Å². The first kappa shape index (κ1) is 15.2. The van der Waals surface area contributed by atoms with Crippen LogP contribution in [0.3, 0.4) is 0 Å². The molecule has 1 aromatic carbocycles. The van der Waals surface area contributed by atoms with Crippen molar-refractivity contribution in [3.63, 3.8) is 0 Å². The number of ether oxygens (including phenoxy) is 2. The summed E-state index contributed by atoms with van der Waals surface area (Å²) >= 11 is 0. The van der Waals surface area contributed by atoms with Crippen molar-refractivity contribution in [1.82, 2.24) is 9.80 Å². The van der Waals surface area contributed by atoms with Crippen LogP contribution in [0.2, 0.25) is 0 Å². The van der Waals surface area contributed by atoms with Gasteiger partial charge in [0.05, 0.1) is 20.6 Å². The maximum atomic E-state index is 12.3. The van der Waals surface area contributed by atoms with Crippen LogP contribution in [0.15, 0.2) is 24.3 Å². The highest BCUT2D eigenvalue weighted by molar-refractivity contribution is 5.79. The fourth-order valence-electron chi connectivity index (χ4n) is 2.34. The van der Waals surface area contributed by atoms with Crippen molar-refractivity contribution in [3.05, 3.63) is 29.8 Å². The molecule has 0 unspecified atom stereocenters. The van der Waals surface area contributed by atoms with Gasteiger partial charge in [-0.05, 0) is 17.7 Å². The molecule has 1 aromatic rings. The molecule has 1 fully saturated rings. The summed E-state index contributed by atoms with van der Waals surface area (Å²) < 4.78 is 9.83. The predicted molar refractivity (Wildman–Crippen MR) is 77.3 cm³/mol. The van der Waals surface area contributed by atoms with Crippen molar-refractivity contribution in [2.24, 2.45) is 0 Å². The highest BCUT2D eigenvalue weighted by Gasteiger charge is 2.24. The maximum Gasteiger partial charge on any atom is 0.409 e. The van der Waals surface area contributed by atoms with Gasteiger partial charge < -0.3 is 19.3 Å². The third-order valence-electron chi connectivity index (χ3n) is 3.55. The van der Waals surface area contributed by atoms with Gasteiger partial charge in [-0.25, -0.2) is 4.79 Å². The lowest BCUT2D eigenvalue weighted by molar-refractivity contribution is -0.132. The van der Waals surface area contributed by atoms with Crippen LogP contribution in [0.4, 0.5) is 4.79 Å². The van der Waals surface area contributed by atoms with Crippen LogP contribution in [0, 0.1) is 0 Å². The Morgan fingerprint density at radius 1 is 1.10 bits per heavy atom. The van der Waals surface area contributed by atoms with Gasteiger partial charge in [0, 0.05) is 26.2 Å². The number of nitrogens with zero attached hydrogens (tertiary/aromatic N) is 2. The smallest absolute Gasteiger partial charge is 0.409 e. The summed E-state index contributed by atoms with van der Waals surface area (Å²) in [5.41, 5.74) is 0.926. The predicted octanol–water partition coefficient (Wildman–Crippen LogP) is 1.15. The van der Waals surface area contributed by atoms with Crippen LogP contribution in [0.5, 0.6) is 5.75 Å². The van der Waals surface area contributed by atoms with Gasteiger partial charge in [-0.15, -0.1) is 0 Å². The van der Waals surface area contributed by atoms with E-state index in [1.54, 1.807) is 16.9 Å². The Morgan fingerprint density at radius 3 is 2.38 bits per heavy atom. The molecule has 0 atom stereocenters. The quantitative estimate of drug-likeness (QED) is 0.838. The van der Waals surface area contributed by atoms with E-state index in [0.29, 0.717) is 32.6 Å². The molecule has 1 saturated heterocycles. The largest absolute Gasteiger partial charge is 0.497 e. The SMILES string of the molecule is COC(=O)N1CCN(C(=O)Cc2cccc(OC)c2)CC1. The highest BCUT2D eigenvalue weighted by atomic mass is 16.5. The van der Waals surface area contributed by atoms with E-state index in [-0.39, 0.29) is 12.0 Å². The Hall–Kier alpha value is -2.24. The van der Waals surface area contributed by atoms with Gasteiger partial charge in [0.25, 0.3) is 0 Å². The molecule has 0 bridgehead atoms. The molecule has 0 aliphatic carbocycles. The minimum atomic E-state index is -0.338. The van der Waals surface area contributed by atoms with E-state index < -0.39 is 0 Å². The Morgan fingerprint density at radius 2 is 1.76 bits per heavy atom. The van der Waals surface area contributed by atoms with Crippen molar-refractivity contribution in [2.75, 3.05) is 40.4 Å². The lowest BCUT2D eigenvalue weighted by Crippen LogP contribution is -2.50. The number of methoxy groups -OCH3 is 2. The third kappa shape index (κ3) is 3.87. The molecular weight excluding hydrogens is 272 g/mol. The fraction of sp³-hybridized carbons (Fsp3) is 0.467. The van der Waals surface area contributed by atoms with Crippen molar-refractivity contribution in [1.29, 1.82) is 0 Å². The molecule has 6 nitrogen and oxygen atoms in total. The van der Waals surface area contributed by atoms with Gasteiger partial charge in [0.1, 0.15) is 5.75 Å². The van der Waals surface area contributed by atoms with Crippen LogP contribution in [-0.2, 0) is 16.0 Å². The molecule has 114 valence electrons. The lowest BCUT2D eigenvalue weighted by Gasteiger charge is -2.33. The monoisotopic (exact) mass is 292 g/mol. The lowest BCUT2D eigenvalue weighted by atomic mass is 10.1. The Labute approximate surface area is 124 Å². The number of rotatable bonds is 3. The van der Waals surface area contributed by atoms with Crippen LogP contribution >= 0.6 is 0 Å². The molecular formula is C15H20N2O4. The van der Waals surface area contributed by atoms with E-state index in [2.05, 4.69) is 4.74 Å². The fourth-order valence-corrected chi connectivity index (χ4v) is 2.34. The molecule has 6 heteroatoms. The molecule has 0 N–H and O–H groups in total. The van der Waals surface area contributed by atoms with Gasteiger partial charge in [0.2, 0.25) is 5.91 Å². The summed E-state index contributed by atoms with van der Waals surface area (Å²) in [5.74, 6) is 0.809. The summed E-state index contributed by atoms with van der Waals surface area (Å²) in [6.45, 7) is 2.10. The highest BCUT2D eigenvalue weighted by Crippen LogP contribution is 2.14. The van der Waals surface area contributed by atoms with E-state index in [1.807, 2.05) is 24.3 Å². The van der Waals surface area contributed by atoms with Gasteiger partial charge in [-0.3, -0.25) is 4.79 Å². The second kappa shape index (κ2) is 6.97. The second-order valence-electron chi connectivity index (χ2n) is 4.87. The second-order valence-corrected chi connectivity index (χ2v) is 4.87. The number of piperazine rings is 1. The van der Waals surface area contributed by atoms with E-state index in [4.69, 9.17) is 4.74 Å². The number of hydrogen-bond acceptors (Lipinski definition) is 4. The number of carbonyl (C=O) groups is 2. The molecule has 0 aromatic heterocycles. The summed E-state index contributed by atoms with van der Waals surface area (Å²) in [6.07, 6.45) is 0.00462. The number of benzene rings is 1. The Bertz CT molecular complexity index is 510. The average molecular weight is 292 g/mol. The standard InChI is InChI=1S/C15H20N2O4/c1-20-13-5-3-4-12(10-13)11-14(18)16-6-8-17(9-7-16)15(19)21-2/h3-5,10H,6-9,11H2,1-2H3. The van der Waals surface area contributed by atoms with Gasteiger partial charge in [-0.1, -0.05) is 12.1 Å². The van der Waals surface area contributed by atoms with E-state index in [0.717, 1.165) is 11.3 Å². The summed E-state index contributed by atoms with van der Waals surface area (Å²) in [6, 6.07) is 7.49. The van der Waals surface area contributed by atoms with E-state index in [1.165, 1.54) is 7.11 Å². The first-order chi connectivity index (χ1) is 10.1. The van der Waals surface area contributed by atoms with E-state index >= 15 is 0 Å². The third-order valence-corrected chi connectivity index (χ3v) is 3.55. The Kier molecular flexibility index (Phi) is 5.03. The van der Waals surface area contributed by atoms with Crippen molar-refractivity contribution in [2.45, 2.75) is 6.42 Å². The van der Waals surface area contributed by atoms with Gasteiger partial charge >= 0.3 is 6.09 Å². The minimum absolute atomic E-state index is 0.0627. The number of carbonyl (C=O) groups excluding carboxylic acids is 2. The van der Waals surface area contributed by atoms with Crippen molar-refractivity contribution < 1.29 is 19.1 Å². The summed E-state index contributed by atoms with van der Waals surface area (Å²) in [7, 11) is 2.97. The van der Waals surface area contributed by atoms with E-state index in [9.17, 15) is 9.59 Å². The van der Waals surface area contributed by atoms with Gasteiger partial charge in [-0.2, -0.15) is 0 Å². The van der Waals surface area contributed by atoms with Crippen LogP contribution in [-0.4, -0.2) is 62.2 Å². The number of amides is 2. The van der Waals surface area contributed by atoms with Crippen molar-refractivity contribution in [3.8, 4) is 5.75 Å². The first-order valence-electron chi connectivity index (χ1n) is 6.87. The molecule has 1 aliphatic heterocycles. The Balaban J connectivity index is 1.88. The zero-order chi connectivity index (χ0) is 15.2. The molecule has 1 heterocycles. The first-order valence-corrected chi connectivity index (χ1v) is 6.87. The zero-order valence-corrected chi connectivity index (χ0v) is 12.4. The summed E-state index contributed by atoms with van der Waals surface area (Å²) in [4.78, 5) is 27.0. The maximum absolute atomic E-state index is 12.3. The van der Waals surface area contributed by atoms with Gasteiger partial charge in [0.15, 0.2) is 0 Å². The van der Waals surface area contributed by atoms with Crippen LogP contribution in [0.1, 0.15) is 5.56 Å². The molecule has 0 spiro atoms.